The molecule has 4 nitrogen and oxygen atoms in total. The molecule has 1 aromatic carbocycles. The molecule has 0 bridgehead atoms. The van der Waals surface area contributed by atoms with Crippen LogP contribution in [0.2, 0.25) is 0 Å². The largest absolute Gasteiger partial charge is 0.384 e. The Balaban J connectivity index is 1.87. The number of nitrogen functional groups attached to an aromatic ring is 1. The van der Waals surface area contributed by atoms with Crippen LogP contribution in [0.3, 0.4) is 0 Å². The third kappa shape index (κ3) is 2.90. The molecule has 3 rings (SSSR count). The number of hydrogen-bond donors (Lipinski definition) is 1. The highest BCUT2D eigenvalue weighted by Gasteiger charge is 2.18. The van der Waals surface area contributed by atoms with Crippen molar-refractivity contribution >= 4 is 5.82 Å². The van der Waals surface area contributed by atoms with Crippen LogP contribution in [0, 0.1) is 5.92 Å². The third-order valence-electron chi connectivity index (χ3n) is 3.36. The highest BCUT2D eigenvalue weighted by molar-refractivity contribution is 5.61. The van der Waals surface area contributed by atoms with Gasteiger partial charge in [-0.3, -0.25) is 0 Å². The van der Waals surface area contributed by atoms with Gasteiger partial charge in [0, 0.05) is 31.3 Å². The zero-order valence-corrected chi connectivity index (χ0v) is 10.7. The average Bonchev–Trinajstić information content (AvgIpc) is 2.92. The monoisotopic (exact) mass is 255 g/mol. The molecular weight excluding hydrogens is 238 g/mol. The van der Waals surface area contributed by atoms with E-state index < -0.39 is 0 Å². The summed E-state index contributed by atoms with van der Waals surface area (Å²) in [7, 11) is 0. The van der Waals surface area contributed by atoms with Crippen molar-refractivity contribution in [3.8, 4) is 11.3 Å². The van der Waals surface area contributed by atoms with E-state index in [9.17, 15) is 0 Å². The molecule has 98 valence electrons. The van der Waals surface area contributed by atoms with Gasteiger partial charge in [0.2, 0.25) is 0 Å². The van der Waals surface area contributed by atoms with Gasteiger partial charge in [0.15, 0.2) is 0 Å². The van der Waals surface area contributed by atoms with Crippen molar-refractivity contribution in [2.45, 2.75) is 12.8 Å². The van der Waals surface area contributed by atoms with Gasteiger partial charge in [-0.05, 0) is 12.3 Å². The number of benzene rings is 1. The quantitative estimate of drug-likeness (QED) is 0.914. The number of nitrogens with zero attached hydrogens (tertiary/aromatic N) is 2. The molecule has 0 spiro atoms. The molecule has 0 saturated carbocycles. The lowest BCUT2D eigenvalue weighted by Crippen LogP contribution is -2.09. The summed E-state index contributed by atoms with van der Waals surface area (Å²) in [6.07, 6.45) is 1.92. The second-order valence-electron chi connectivity index (χ2n) is 4.89. The number of nitrogens with two attached hydrogens (primary N) is 1. The fraction of sp³-hybridized carbons (Fsp3) is 0.333. The summed E-state index contributed by atoms with van der Waals surface area (Å²) in [6, 6.07) is 11.9. The molecule has 0 radical (unpaired) electrons. The van der Waals surface area contributed by atoms with Crippen LogP contribution in [0.5, 0.6) is 0 Å². The molecule has 2 N–H and O–H groups in total. The van der Waals surface area contributed by atoms with E-state index in [1.54, 1.807) is 0 Å². The Morgan fingerprint density at radius 2 is 2.05 bits per heavy atom. The second-order valence-corrected chi connectivity index (χ2v) is 4.89. The predicted molar refractivity (Wildman–Crippen MR) is 74.5 cm³/mol. The van der Waals surface area contributed by atoms with Crippen molar-refractivity contribution in [3.63, 3.8) is 0 Å². The van der Waals surface area contributed by atoms with E-state index >= 15 is 0 Å². The van der Waals surface area contributed by atoms with Gasteiger partial charge in [0.1, 0.15) is 11.6 Å². The minimum atomic E-state index is 0.519. The molecule has 0 amide bonds. The molecule has 1 aromatic heterocycles. The number of rotatable bonds is 3. The Kier molecular flexibility index (Phi) is 3.42. The van der Waals surface area contributed by atoms with Crippen LogP contribution in [0.1, 0.15) is 12.2 Å². The van der Waals surface area contributed by atoms with Crippen molar-refractivity contribution in [3.05, 3.63) is 42.2 Å². The fourth-order valence-corrected chi connectivity index (χ4v) is 2.37. The molecule has 19 heavy (non-hydrogen) atoms. The van der Waals surface area contributed by atoms with Crippen LogP contribution in [0.15, 0.2) is 36.4 Å². The molecule has 1 saturated heterocycles. The van der Waals surface area contributed by atoms with Crippen LogP contribution in [0.4, 0.5) is 5.82 Å². The van der Waals surface area contributed by atoms with Gasteiger partial charge in [-0.1, -0.05) is 30.3 Å². The Morgan fingerprint density at radius 3 is 2.79 bits per heavy atom. The number of aromatic nitrogens is 2. The van der Waals surface area contributed by atoms with E-state index in [2.05, 4.69) is 9.97 Å². The van der Waals surface area contributed by atoms with Gasteiger partial charge < -0.3 is 10.5 Å². The van der Waals surface area contributed by atoms with Crippen molar-refractivity contribution in [1.82, 2.24) is 9.97 Å². The predicted octanol–water partition coefficient (Wildman–Crippen LogP) is 2.30. The van der Waals surface area contributed by atoms with Crippen LogP contribution in [0.25, 0.3) is 11.3 Å². The zero-order chi connectivity index (χ0) is 13.1. The van der Waals surface area contributed by atoms with E-state index in [1.165, 1.54) is 0 Å². The van der Waals surface area contributed by atoms with E-state index in [1.807, 2.05) is 36.4 Å². The smallest absolute Gasteiger partial charge is 0.131 e. The number of ether oxygens (including phenoxy) is 1. The van der Waals surface area contributed by atoms with Gasteiger partial charge in [0.25, 0.3) is 0 Å². The molecular formula is C15H17N3O. The first-order valence-corrected chi connectivity index (χ1v) is 6.58. The summed E-state index contributed by atoms with van der Waals surface area (Å²) in [5, 5.41) is 0. The molecule has 0 aliphatic carbocycles. The maximum Gasteiger partial charge on any atom is 0.131 e. The summed E-state index contributed by atoms with van der Waals surface area (Å²) in [4.78, 5) is 8.95. The fourth-order valence-electron chi connectivity index (χ4n) is 2.37. The summed E-state index contributed by atoms with van der Waals surface area (Å²) >= 11 is 0. The van der Waals surface area contributed by atoms with Crippen molar-refractivity contribution in [2.24, 2.45) is 5.92 Å². The van der Waals surface area contributed by atoms with Gasteiger partial charge in [-0.25, -0.2) is 9.97 Å². The summed E-state index contributed by atoms with van der Waals surface area (Å²) in [5.41, 5.74) is 7.85. The SMILES string of the molecule is Nc1cc(-c2ccccc2)nc(CC2CCOC2)n1. The highest BCUT2D eigenvalue weighted by Crippen LogP contribution is 2.21. The molecule has 1 atom stereocenters. The summed E-state index contributed by atoms with van der Waals surface area (Å²) < 4.78 is 5.39. The van der Waals surface area contributed by atoms with Crippen LogP contribution in [-0.4, -0.2) is 23.2 Å². The Labute approximate surface area is 112 Å². The number of anilines is 1. The van der Waals surface area contributed by atoms with Crippen molar-refractivity contribution in [1.29, 1.82) is 0 Å². The van der Waals surface area contributed by atoms with Crippen molar-refractivity contribution in [2.75, 3.05) is 18.9 Å². The Hall–Kier alpha value is -1.94. The Bertz CT molecular complexity index is 551. The summed E-state index contributed by atoms with van der Waals surface area (Å²) in [5.74, 6) is 1.86. The topological polar surface area (TPSA) is 61.0 Å². The highest BCUT2D eigenvalue weighted by atomic mass is 16.5. The lowest BCUT2D eigenvalue weighted by atomic mass is 10.0. The molecule has 2 aromatic rings. The minimum Gasteiger partial charge on any atom is -0.384 e. The van der Waals surface area contributed by atoms with Crippen LogP contribution >= 0.6 is 0 Å². The van der Waals surface area contributed by atoms with Gasteiger partial charge in [-0.15, -0.1) is 0 Å². The molecule has 2 heterocycles. The van der Waals surface area contributed by atoms with E-state index in [0.717, 1.165) is 43.1 Å². The summed E-state index contributed by atoms with van der Waals surface area (Å²) in [6.45, 7) is 1.65. The molecule has 1 aliphatic rings. The maximum absolute atomic E-state index is 5.89. The lowest BCUT2D eigenvalue weighted by molar-refractivity contribution is 0.185. The first-order chi connectivity index (χ1) is 9.31. The minimum absolute atomic E-state index is 0.519. The van der Waals surface area contributed by atoms with Gasteiger partial charge in [0.05, 0.1) is 5.69 Å². The van der Waals surface area contributed by atoms with Crippen molar-refractivity contribution < 1.29 is 4.74 Å². The van der Waals surface area contributed by atoms with Gasteiger partial charge in [-0.2, -0.15) is 0 Å². The van der Waals surface area contributed by atoms with Gasteiger partial charge >= 0.3 is 0 Å². The standard InChI is InChI=1S/C15H17N3O/c16-14-9-13(12-4-2-1-3-5-12)17-15(18-14)8-11-6-7-19-10-11/h1-5,9,11H,6-8,10H2,(H2,16,17,18). The van der Waals surface area contributed by atoms with Crippen LogP contribution < -0.4 is 5.73 Å². The second kappa shape index (κ2) is 5.36. The molecule has 1 aliphatic heterocycles. The lowest BCUT2D eigenvalue weighted by Gasteiger charge is -2.09. The molecule has 4 heteroatoms. The van der Waals surface area contributed by atoms with E-state index in [0.29, 0.717) is 11.7 Å². The van der Waals surface area contributed by atoms with Crippen LogP contribution in [-0.2, 0) is 11.2 Å². The average molecular weight is 255 g/mol. The molecule has 1 fully saturated rings. The maximum atomic E-state index is 5.89. The Morgan fingerprint density at radius 1 is 1.21 bits per heavy atom. The zero-order valence-electron chi connectivity index (χ0n) is 10.7. The molecule has 1 unspecified atom stereocenters. The first-order valence-electron chi connectivity index (χ1n) is 6.58. The normalized spacial score (nSPS) is 18.6. The number of hydrogen-bond acceptors (Lipinski definition) is 4. The van der Waals surface area contributed by atoms with E-state index in [4.69, 9.17) is 10.5 Å². The first kappa shape index (κ1) is 12.1. The van der Waals surface area contributed by atoms with E-state index in [-0.39, 0.29) is 0 Å². The third-order valence-corrected chi connectivity index (χ3v) is 3.36.